The van der Waals surface area contributed by atoms with Crippen molar-refractivity contribution in [2.75, 3.05) is 44.6 Å². The molecular weight excluding hydrogens is 262 g/mol. The van der Waals surface area contributed by atoms with Gasteiger partial charge in [-0.3, -0.25) is 9.69 Å². The Hall–Kier alpha value is -1.55. The zero-order valence-electron chi connectivity index (χ0n) is 13.5. The van der Waals surface area contributed by atoms with E-state index in [4.69, 9.17) is 0 Å². The Balaban J connectivity index is 1.99. The molecule has 1 amide bonds. The van der Waals surface area contributed by atoms with Crippen molar-refractivity contribution in [2.24, 2.45) is 0 Å². The maximum atomic E-state index is 12.6. The third-order valence-electron chi connectivity index (χ3n) is 4.04. The van der Waals surface area contributed by atoms with Gasteiger partial charge in [0, 0.05) is 44.0 Å². The molecule has 1 aromatic rings. The van der Waals surface area contributed by atoms with Crippen molar-refractivity contribution in [1.29, 1.82) is 0 Å². The predicted molar refractivity (Wildman–Crippen MR) is 88.0 cm³/mol. The molecule has 0 aliphatic carbocycles. The molecule has 0 radical (unpaired) electrons. The molecular formula is C17H27N3O. The van der Waals surface area contributed by atoms with E-state index in [1.165, 1.54) is 6.42 Å². The minimum absolute atomic E-state index is 0.164. The second-order valence-corrected chi connectivity index (χ2v) is 5.69. The first kappa shape index (κ1) is 15.8. The normalized spacial score (nSPS) is 16.0. The highest BCUT2D eigenvalue weighted by molar-refractivity contribution is 5.95. The standard InChI is InChI=1S/C17H27N3O/c1-4-8-19-9-11-20(12-10-19)17(21)15-6-7-16(18-5-2)14(3)13-15/h6-7,13,18H,4-5,8-12H2,1-3H3. The van der Waals surface area contributed by atoms with Gasteiger partial charge in [-0.25, -0.2) is 0 Å². The van der Waals surface area contributed by atoms with E-state index in [2.05, 4.69) is 24.1 Å². The largest absolute Gasteiger partial charge is 0.385 e. The number of benzene rings is 1. The summed E-state index contributed by atoms with van der Waals surface area (Å²) in [5.41, 5.74) is 3.05. The van der Waals surface area contributed by atoms with E-state index in [-0.39, 0.29) is 5.91 Å². The fraction of sp³-hybridized carbons (Fsp3) is 0.588. The lowest BCUT2D eigenvalue weighted by Crippen LogP contribution is -2.48. The maximum Gasteiger partial charge on any atom is 0.253 e. The Kier molecular flexibility index (Phi) is 5.62. The molecule has 116 valence electrons. The highest BCUT2D eigenvalue weighted by atomic mass is 16.2. The van der Waals surface area contributed by atoms with E-state index in [9.17, 15) is 4.79 Å². The van der Waals surface area contributed by atoms with Gasteiger partial charge < -0.3 is 10.2 Å². The number of hydrogen-bond donors (Lipinski definition) is 1. The molecule has 1 aliphatic rings. The van der Waals surface area contributed by atoms with Crippen molar-refractivity contribution >= 4 is 11.6 Å². The van der Waals surface area contributed by atoms with Crippen LogP contribution in [0.25, 0.3) is 0 Å². The monoisotopic (exact) mass is 289 g/mol. The molecule has 0 saturated carbocycles. The van der Waals surface area contributed by atoms with Gasteiger partial charge in [0.2, 0.25) is 0 Å². The lowest BCUT2D eigenvalue weighted by Gasteiger charge is -2.34. The zero-order valence-corrected chi connectivity index (χ0v) is 13.5. The van der Waals surface area contributed by atoms with Crippen LogP contribution in [0.5, 0.6) is 0 Å². The molecule has 0 aromatic heterocycles. The summed E-state index contributed by atoms with van der Waals surface area (Å²) in [5.74, 6) is 0.164. The van der Waals surface area contributed by atoms with Gasteiger partial charge in [-0.2, -0.15) is 0 Å². The number of piperazine rings is 1. The van der Waals surface area contributed by atoms with Gasteiger partial charge in [-0.05, 0) is 50.6 Å². The number of nitrogens with zero attached hydrogens (tertiary/aromatic N) is 2. The predicted octanol–water partition coefficient (Wildman–Crippen LogP) is 2.59. The second-order valence-electron chi connectivity index (χ2n) is 5.69. The average Bonchev–Trinajstić information content (AvgIpc) is 2.50. The van der Waals surface area contributed by atoms with Gasteiger partial charge in [0.05, 0.1) is 0 Å². The number of hydrogen-bond acceptors (Lipinski definition) is 3. The Morgan fingerprint density at radius 2 is 1.90 bits per heavy atom. The summed E-state index contributed by atoms with van der Waals surface area (Å²) in [5, 5.41) is 3.31. The fourth-order valence-electron chi connectivity index (χ4n) is 2.86. The van der Waals surface area contributed by atoms with Gasteiger partial charge in [0.25, 0.3) is 5.91 Å². The van der Waals surface area contributed by atoms with E-state index in [1.54, 1.807) is 0 Å². The Morgan fingerprint density at radius 3 is 2.48 bits per heavy atom. The van der Waals surface area contributed by atoms with Crippen LogP contribution in [-0.4, -0.2) is 55.0 Å². The smallest absolute Gasteiger partial charge is 0.253 e. The van der Waals surface area contributed by atoms with Crippen LogP contribution in [0.4, 0.5) is 5.69 Å². The summed E-state index contributed by atoms with van der Waals surface area (Å²) < 4.78 is 0. The van der Waals surface area contributed by atoms with E-state index < -0.39 is 0 Å². The third kappa shape index (κ3) is 3.97. The first-order chi connectivity index (χ1) is 10.2. The van der Waals surface area contributed by atoms with Gasteiger partial charge in [-0.15, -0.1) is 0 Å². The number of aryl methyl sites for hydroxylation is 1. The highest BCUT2D eigenvalue weighted by Crippen LogP contribution is 2.18. The van der Waals surface area contributed by atoms with Crippen molar-refractivity contribution < 1.29 is 4.79 Å². The number of anilines is 1. The molecule has 1 N–H and O–H groups in total. The Labute approximate surface area is 128 Å². The van der Waals surface area contributed by atoms with Crippen molar-refractivity contribution in [3.63, 3.8) is 0 Å². The first-order valence-electron chi connectivity index (χ1n) is 8.01. The molecule has 1 aliphatic heterocycles. The fourth-order valence-corrected chi connectivity index (χ4v) is 2.86. The molecule has 1 fully saturated rings. The van der Waals surface area contributed by atoms with E-state index in [0.717, 1.165) is 56.1 Å². The Morgan fingerprint density at radius 1 is 1.19 bits per heavy atom. The lowest BCUT2D eigenvalue weighted by atomic mass is 10.1. The van der Waals surface area contributed by atoms with Gasteiger partial charge in [0.1, 0.15) is 0 Å². The maximum absolute atomic E-state index is 12.6. The molecule has 4 nitrogen and oxygen atoms in total. The van der Waals surface area contributed by atoms with Gasteiger partial charge in [0.15, 0.2) is 0 Å². The van der Waals surface area contributed by atoms with E-state index >= 15 is 0 Å². The first-order valence-corrected chi connectivity index (χ1v) is 8.01. The summed E-state index contributed by atoms with van der Waals surface area (Å²) in [4.78, 5) is 17.0. The van der Waals surface area contributed by atoms with Crippen LogP contribution < -0.4 is 5.32 Å². The second kappa shape index (κ2) is 7.46. The van der Waals surface area contributed by atoms with E-state index in [1.807, 2.05) is 30.0 Å². The molecule has 1 aromatic carbocycles. The van der Waals surface area contributed by atoms with Crippen molar-refractivity contribution in [3.8, 4) is 0 Å². The quantitative estimate of drug-likeness (QED) is 0.905. The van der Waals surface area contributed by atoms with Crippen LogP contribution in [0.3, 0.4) is 0 Å². The van der Waals surface area contributed by atoms with Crippen LogP contribution in [0, 0.1) is 6.92 Å². The number of amides is 1. The number of carbonyl (C=O) groups excluding carboxylic acids is 1. The summed E-state index contributed by atoms with van der Waals surface area (Å²) in [6.45, 7) is 12.0. The molecule has 1 saturated heterocycles. The number of carbonyl (C=O) groups is 1. The summed E-state index contributed by atoms with van der Waals surface area (Å²) in [6, 6.07) is 5.95. The van der Waals surface area contributed by atoms with Gasteiger partial charge in [-0.1, -0.05) is 6.92 Å². The van der Waals surface area contributed by atoms with Crippen LogP contribution >= 0.6 is 0 Å². The van der Waals surface area contributed by atoms with Gasteiger partial charge >= 0.3 is 0 Å². The molecule has 0 atom stereocenters. The zero-order chi connectivity index (χ0) is 15.2. The molecule has 21 heavy (non-hydrogen) atoms. The minimum Gasteiger partial charge on any atom is -0.385 e. The number of nitrogens with one attached hydrogen (secondary N) is 1. The minimum atomic E-state index is 0.164. The highest BCUT2D eigenvalue weighted by Gasteiger charge is 2.21. The summed E-state index contributed by atoms with van der Waals surface area (Å²) >= 11 is 0. The average molecular weight is 289 g/mol. The SMILES string of the molecule is CCCN1CCN(C(=O)c2ccc(NCC)c(C)c2)CC1. The topological polar surface area (TPSA) is 35.6 Å². The van der Waals surface area contributed by atoms with Crippen LogP contribution in [0.2, 0.25) is 0 Å². The van der Waals surface area contributed by atoms with Crippen LogP contribution in [-0.2, 0) is 0 Å². The van der Waals surface area contributed by atoms with Crippen molar-refractivity contribution in [1.82, 2.24) is 9.80 Å². The molecule has 4 heteroatoms. The molecule has 0 spiro atoms. The molecule has 2 rings (SSSR count). The summed E-state index contributed by atoms with van der Waals surface area (Å²) in [6.07, 6.45) is 1.18. The molecule has 0 bridgehead atoms. The van der Waals surface area contributed by atoms with E-state index in [0.29, 0.717) is 0 Å². The lowest BCUT2D eigenvalue weighted by molar-refractivity contribution is 0.0637. The third-order valence-corrected chi connectivity index (χ3v) is 4.04. The van der Waals surface area contributed by atoms with Crippen LogP contribution in [0.15, 0.2) is 18.2 Å². The number of rotatable bonds is 5. The summed E-state index contributed by atoms with van der Waals surface area (Å²) in [7, 11) is 0. The van der Waals surface area contributed by atoms with Crippen LogP contribution in [0.1, 0.15) is 36.2 Å². The Bertz CT molecular complexity index is 479. The molecule has 1 heterocycles. The molecule has 0 unspecified atom stereocenters. The van der Waals surface area contributed by atoms with Crippen molar-refractivity contribution in [2.45, 2.75) is 27.2 Å². The van der Waals surface area contributed by atoms with Crippen molar-refractivity contribution in [3.05, 3.63) is 29.3 Å².